The molecule has 29 heavy (non-hydrogen) atoms. The Morgan fingerprint density at radius 3 is 2.62 bits per heavy atom. The highest BCUT2D eigenvalue weighted by Gasteiger charge is 2.36. The van der Waals surface area contributed by atoms with Crippen LogP contribution in [0.4, 0.5) is 13.2 Å². The van der Waals surface area contributed by atoms with Crippen LogP contribution in [0.5, 0.6) is 0 Å². The molecule has 9 heteroatoms. The predicted octanol–water partition coefficient (Wildman–Crippen LogP) is 4.72. The summed E-state index contributed by atoms with van der Waals surface area (Å²) in [5, 5.41) is 8.35. The van der Waals surface area contributed by atoms with Crippen LogP contribution in [-0.2, 0) is 12.7 Å². The van der Waals surface area contributed by atoms with Gasteiger partial charge in [0.25, 0.3) is 5.91 Å². The van der Waals surface area contributed by atoms with Gasteiger partial charge in [-0.15, -0.1) is 11.3 Å². The van der Waals surface area contributed by atoms with Crippen LogP contribution in [0.3, 0.4) is 0 Å². The maximum absolute atomic E-state index is 13.6. The van der Waals surface area contributed by atoms with Crippen molar-refractivity contribution in [2.75, 3.05) is 0 Å². The molecule has 0 bridgehead atoms. The van der Waals surface area contributed by atoms with Gasteiger partial charge in [0.2, 0.25) is 0 Å². The number of nitrogens with one attached hydrogen (secondary N) is 1. The molecule has 3 heterocycles. The van der Waals surface area contributed by atoms with Crippen molar-refractivity contribution in [2.45, 2.75) is 19.6 Å². The lowest BCUT2D eigenvalue weighted by Crippen LogP contribution is -2.22. The van der Waals surface area contributed by atoms with E-state index >= 15 is 0 Å². The lowest BCUT2D eigenvalue weighted by Gasteiger charge is -2.12. The summed E-state index contributed by atoms with van der Waals surface area (Å²) in [6, 6.07) is 11.6. The number of halogens is 3. The first kappa shape index (κ1) is 19.1. The Morgan fingerprint density at radius 2 is 1.97 bits per heavy atom. The number of carbonyl (C=O) groups is 1. The zero-order valence-electron chi connectivity index (χ0n) is 15.2. The molecule has 0 aliphatic carbocycles. The molecule has 0 aliphatic heterocycles. The third kappa shape index (κ3) is 3.86. The van der Waals surface area contributed by atoms with E-state index in [0.29, 0.717) is 10.1 Å². The summed E-state index contributed by atoms with van der Waals surface area (Å²) in [5.74, 6) is -0.532. The Hall–Kier alpha value is -3.20. The summed E-state index contributed by atoms with van der Waals surface area (Å²) in [4.78, 5) is 17.8. The van der Waals surface area contributed by atoms with Crippen LogP contribution in [-0.4, -0.2) is 20.5 Å². The fourth-order valence-electron chi connectivity index (χ4n) is 2.87. The highest BCUT2D eigenvalue weighted by molar-refractivity contribution is 7.09. The Labute approximate surface area is 167 Å². The van der Waals surface area contributed by atoms with Gasteiger partial charge in [0.15, 0.2) is 11.3 Å². The number of carbonyl (C=O) groups excluding carboxylic acids is 1. The van der Waals surface area contributed by atoms with Crippen molar-refractivity contribution in [1.29, 1.82) is 0 Å². The fraction of sp³-hybridized carbons (Fsp3) is 0.150. The van der Waals surface area contributed by atoms with Crippen LogP contribution >= 0.6 is 11.3 Å². The summed E-state index contributed by atoms with van der Waals surface area (Å²) in [5.41, 5.74) is 0.478. The number of thiophene rings is 1. The molecule has 0 saturated carbocycles. The van der Waals surface area contributed by atoms with Gasteiger partial charge in [-0.05, 0) is 24.4 Å². The van der Waals surface area contributed by atoms with E-state index < -0.39 is 17.8 Å². The topological polar surface area (TPSA) is 59.3 Å². The van der Waals surface area contributed by atoms with Crippen molar-refractivity contribution >= 4 is 22.9 Å². The van der Waals surface area contributed by atoms with Gasteiger partial charge >= 0.3 is 6.18 Å². The molecule has 1 aromatic carbocycles. The second-order valence-corrected chi connectivity index (χ2v) is 7.48. The molecule has 0 spiro atoms. The van der Waals surface area contributed by atoms with Crippen LogP contribution in [0.2, 0.25) is 0 Å². The first-order valence-electron chi connectivity index (χ1n) is 8.66. The van der Waals surface area contributed by atoms with Gasteiger partial charge in [0, 0.05) is 10.4 Å². The fourth-order valence-corrected chi connectivity index (χ4v) is 3.52. The summed E-state index contributed by atoms with van der Waals surface area (Å²) < 4.78 is 41.6. The molecular formula is C20H15F3N4OS. The normalized spacial score (nSPS) is 11.7. The van der Waals surface area contributed by atoms with Gasteiger partial charge < -0.3 is 5.32 Å². The first-order valence-corrected chi connectivity index (χ1v) is 9.54. The zero-order valence-corrected chi connectivity index (χ0v) is 16.0. The first-order chi connectivity index (χ1) is 13.8. The van der Waals surface area contributed by atoms with E-state index in [-0.39, 0.29) is 23.4 Å². The Balaban J connectivity index is 1.79. The molecule has 0 fully saturated rings. The van der Waals surface area contributed by atoms with E-state index in [1.54, 1.807) is 24.3 Å². The average molecular weight is 416 g/mol. The molecule has 5 nitrogen and oxygen atoms in total. The molecule has 0 radical (unpaired) electrons. The largest absolute Gasteiger partial charge is 0.433 e. The highest BCUT2D eigenvalue weighted by Crippen LogP contribution is 2.32. The van der Waals surface area contributed by atoms with Gasteiger partial charge in [0.1, 0.15) is 5.56 Å². The molecule has 1 N–H and O–H groups in total. The lowest BCUT2D eigenvalue weighted by molar-refractivity contribution is -0.142. The maximum Gasteiger partial charge on any atom is 0.433 e. The predicted molar refractivity (Wildman–Crippen MR) is 104 cm³/mol. The summed E-state index contributed by atoms with van der Waals surface area (Å²) in [7, 11) is 0. The van der Waals surface area contributed by atoms with Crippen molar-refractivity contribution in [3.8, 4) is 11.3 Å². The number of amides is 1. The Bertz CT molecular complexity index is 1170. The molecule has 0 atom stereocenters. The zero-order chi connectivity index (χ0) is 20.6. The summed E-state index contributed by atoms with van der Waals surface area (Å²) >= 11 is 1.47. The number of aryl methyl sites for hydroxylation is 1. The number of fused-ring (bicyclic) bond motifs is 1. The minimum absolute atomic E-state index is 0.0129. The van der Waals surface area contributed by atoms with E-state index in [2.05, 4.69) is 15.4 Å². The highest BCUT2D eigenvalue weighted by atomic mass is 32.1. The SMILES string of the molecule is Cc1ccc(-c2cc(C(F)(F)F)n3ncc(C(=O)NCc4cccs4)c3n2)cc1. The van der Waals surface area contributed by atoms with E-state index in [1.165, 1.54) is 11.3 Å². The number of hydrogen-bond acceptors (Lipinski definition) is 4. The van der Waals surface area contributed by atoms with Crippen LogP contribution in [0.25, 0.3) is 16.9 Å². The third-order valence-corrected chi connectivity index (χ3v) is 5.23. The van der Waals surface area contributed by atoms with Crippen molar-refractivity contribution in [3.63, 3.8) is 0 Å². The van der Waals surface area contributed by atoms with Gasteiger partial charge in [-0.3, -0.25) is 4.79 Å². The number of aromatic nitrogens is 3. The van der Waals surface area contributed by atoms with Crippen molar-refractivity contribution in [1.82, 2.24) is 19.9 Å². The Morgan fingerprint density at radius 1 is 1.21 bits per heavy atom. The maximum atomic E-state index is 13.6. The molecule has 4 rings (SSSR count). The van der Waals surface area contributed by atoms with Gasteiger partial charge in [-0.25, -0.2) is 9.50 Å². The third-order valence-electron chi connectivity index (χ3n) is 4.36. The van der Waals surface area contributed by atoms with Crippen LogP contribution in [0.15, 0.2) is 54.0 Å². The monoisotopic (exact) mass is 416 g/mol. The van der Waals surface area contributed by atoms with E-state index in [0.717, 1.165) is 22.7 Å². The summed E-state index contributed by atoms with van der Waals surface area (Å²) in [6.45, 7) is 2.16. The molecule has 4 aromatic rings. The van der Waals surface area contributed by atoms with Crippen LogP contribution in [0.1, 0.15) is 26.5 Å². The van der Waals surface area contributed by atoms with Crippen molar-refractivity contribution < 1.29 is 18.0 Å². The van der Waals surface area contributed by atoms with Crippen LogP contribution < -0.4 is 5.32 Å². The van der Waals surface area contributed by atoms with Crippen LogP contribution in [0, 0.1) is 6.92 Å². The average Bonchev–Trinajstić information content (AvgIpc) is 3.35. The number of nitrogens with zero attached hydrogens (tertiary/aromatic N) is 3. The number of rotatable bonds is 4. The molecular weight excluding hydrogens is 401 g/mol. The van der Waals surface area contributed by atoms with E-state index in [1.807, 2.05) is 24.4 Å². The van der Waals surface area contributed by atoms with E-state index in [4.69, 9.17) is 0 Å². The molecule has 3 aromatic heterocycles. The second kappa shape index (κ2) is 7.32. The number of alkyl halides is 3. The van der Waals surface area contributed by atoms with Crippen molar-refractivity contribution in [2.24, 2.45) is 0 Å². The summed E-state index contributed by atoms with van der Waals surface area (Å²) in [6.07, 6.45) is -3.54. The quantitative estimate of drug-likeness (QED) is 0.524. The van der Waals surface area contributed by atoms with Crippen molar-refractivity contribution in [3.05, 3.63) is 75.7 Å². The standard InChI is InChI=1S/C20H15F3N4OS/c1-12-4-6-13(7-5-12)16-9-17(20(21,22)23)27-18(26-16)15(11-25-27)19(28)24-10-14-3-2-8-29-14/h2-9,11H,10H2,1H3,(H,24,28). The molecule has 0 saturated heterocycles. The molecule has 0 unspecified atom stereocenters. The number of benzene rings is 1. The van der Waals surface area contributed by atoms with Gasteiger partial charge in [0.05, 0.1) is 18.4 Å². The second-order valence-electron chi connectivity index (χ2n) is 6.45. The minimum Gasteiger partial charge on any atom is -0.347 e. The number of hydrogen-bond donors (Lipinski definition) is 1. The molecule has 1 amide bonds. The van der Waals surface area contributed by atoms with Gasteiger partial charge in [-0.2, -0.15) is 18.3 Å². The van der Waals surface area contributed by atoms with Gasteiger partial charge in [-0.1, -0.05) is 35.9 Å². The molecule has 0 aliphatic rings. The smallest absolute Gasteiger partial charge is 0.347 e. The Kier molecular flexibility index (Phi) is 4.83. The van der Waals surface area contributed by atoms with E-state index in [9.17, 15) is 18.0 Å². The molecule has 148 valence electrons. The minimum atomic E-state index is -4.66. The lowest BCUT2D eigenvalue weighted by atomic mass is 10.1.